The summed E-state index contributed by atoms with van der Waals surface area (Å²) < 4.78 is 10.8. The minimum atomic E-state index is -0.472. The fourth-order valence-corrected chi connectivity index (χ4v) is 2.76. The van der Waals surface area contributed by atoms with Crippen LogP contribution in [0.25, 0.3) is 0 Å². The molecular weight excluding hydrogens is 422 g/mol. The fourth-order valence-electron chi connectivity index (χ4n) is 2.50. The molecule has 10 heteroatoms. The van der Waals surface area contributed by atoms with E-state index in [1.165, 1.54) is 20.4 Å². The molecule has 160 valence electrons. The van der Waals surface area contributed by atoms with Crippen LogP contribution in [0, 0.1) is 0 Å². The number of halogens is 1. The highest BCUT2D eigenvalue weighted by molar-refractivity contribution is 6.32. The first kappa shape index (κ1) is 21.7. The molecule has 0 saturated heterocycles. The normalized spacial score (nSPS) is 10.0. The van der Waals surface area contributed by atoms with Gasteiger partial charge in [0.2, 0.25) is 0 Å². The molecular formula is C21H20ClN5O4. The van der Waals surface area contributed by atoms with Crippen LogP contribution in [-0.2, 0) is 0 Å². The largest absolute Gasteiger partial charge is 0.495 e. The van der Waals surface area contributed by atoms with Crippen molar-refractivity contribution < 1.29 is 19.1 Å². The number of hydrogen-bond acceptors (Lipinski definition) is 6. The molecule has 2 aromatic carbocycles. The molecule has 9 nitrogen and oxygen atoms in total. The van der Waals surface area contributed by atoms with Gasteiger partial charge in [-0.2, -0.15) is 0 Å². The van der Waals surface area contributed by atoms with Crippen molar-refractivity contribution in [3.8, 4) is 17.2 Å². The van der Waals surface area contributed by atoms with Crippen molar-refractivity contribution in [3.05, 3.63) is 71.5 Å². The first-order chi connectivity index (χ1) is 15.0. The highest BCUT2D eigenvalue weighted by Crippen LogP contribution is 2.27. The Balaban J connectivity index is 1.53. The summed E-state index contributed by atoms with van der Waals surface area (Å²) in [5.74, 6) is 1.25. The lowest BCUT2D eigenvalue weighted by molar-refractivity contribution is 0.0958. The van der Waals surface area contributed by atoms with Gasteiger partial charge >= 0.3 is 6.03 Å². The monoisotopic (exact) mass is 441 g/mol. The Hall–Kier alpha value is -3.98. The Kier molecular flexibility index (Phi) is 7.13. The molecule has 0 fully saturated rings. The SMILES string of the molecule is CNC(=O)c1cc(Oc2ccc(NNC(=O)Nc3ccc(OC)c(Cl)c3)cc2)ccn1. The lowest BCUT2D eigenvalue weighted by atomic mass is 10.3. The van der Waals surface area contributed by atoms with Gasteiger partial charge in [-0.1, -0.05) is 11.6 Å². The molecule has 3 rings (SSSR count). The number of hydrazine groups is 1. The highest BCUT2D eigenvalue weighted by atomic mass is 35.5. The van der Waals surface area contributed by atoms with Crippen molar-refractivity contribution in [2.24, 2.45) is 0 Å². The summed E-state index contributed by atoms with van der Waals surface area (Å²) in [7, 11) is 3.05. The van der Waals surface area contributed by atoms with Gasteiger partial charge in [-0.05, 0) is 48.5 Å². The summed E-state index contributed by atoms with van der Waals surface area (Å²) in [6, 6.07) is 14.5. The van der Waals surface area contributed by atoms with E-state index in [1.807, 2.05) is 0 Å². The topological polar surface area (TPSA) is 114 Å². The Morgan fingerprint density at radius 3 is 2.39 bits per heavy atom. The van der Waals surface area contributed by atoms with Crippen LogP contribution >= 0.6 is 11.6 Å². The quantitative estimate of drug-likeness (QED) is 0.411. The van der Waals surface area contributed by atoms with Crippen LogP contribution in [0.4, 0.5) is 16.2 Å². The maximum Gasteiger partial charge on any atom is 0.337 e. The van der Waals surface area contributed by atoms with Gasteiger partial charge < -0.3 is 20.1 Å². The Labute approximate surface area is 183 Å². The Morgan fingerprint density at radius 2 is 1.71 bits per heavy atom. The third kappa shape index (κ3) is 6.00. The molecule has 0 unspecified atom stereocenters. The zero-order valence-corrected chi connectivity index (χ0v) is 17.5. The van der Waals surface area contributed by atoms with Gasteiger partial charge in [-0.25, -0.2) is 4.79 Å². The summed E-state index contributed by atoms with van der Waals surface area (Å²) in [6.45, 7) is 0. The van der Waals surface area contributed by atoms with Gasteiger partial charge in [0, 0.05) is 25.0 Å². The first-order valence-corrected chi connectivity index (χ1v) is 9.49. The van der Waals surface area contributed by atoms with E-state index < -0.39 is 6.03 Å². The number of rotatable bonds is 7. The molecule has 0 aliphatic rings. The van der Waals surface area contributed by atoms with Crippen LogP contribution in [0.2, 0.25) is 5.02 Å². The molecule has 1 aromatic heterocycles. The number of hydrogen-bond donors (Lipinski definition) is 4. The number of ether oxygens (including phenoxy) is 2. The van der Waals surface area contributed by atoms with Crippen molar-refractivity contribution in [1.29, 1.82) is 0 Å². The minimum Gasteiger partial charge on any atom is -0.495 e. The first-order valence-electron chi connectivity index (χ1n) is 9.11. The molecule has 1 heterocycles. The molecule has 0 aliphatic carbocycles. The molecule has 0 atom stereocenters. The van der Waals surface area contributed by atoms with Gasteiger partial charge in [-0.3, -0.25) is 20.6 Å². The molecule has 3 amide bonds. The third-order valence-electron chi connectivity index (χ3n) is 4.01. The summed E-state index contributed by atoms with van der Waals surface area (Å²) in [5.41, 5.74) is 6.72. The number of anilines is 2. The number of pyridine rings is 1. The number of nitrogens with zero attached hydrogens (tertiary/aromatic N) is 1. The molecule has 0 aliphatic heterocycles. The molecule has 0 radical (unpaired) electrons. The van der Waals surface area contributed by atoms with Crippen LogP contribution in [0.15, 0.2) is 60.8 Å². The van der Waals surface area contributed by atoms with E-state index in [1.54, 1.807) is 54.6 Å². The third-order valence-corrected chi connectivity index (χ3v) is 4.31. The maximum atomic E-state index is 12.0. The van der Waals surface area contributed by atoms with Gasteiger partial charge in [0.1, 0.15) is 22.9 Å². The summed E-state index contributed by atoms with van der Waals surface area (Å²) in [4.78, 5) is 27.7. The molecule has 31 heavy (non-hydrogen) atoms. The lowest BCUT2D eigenvalue weighted by Gasteiger charge is -2.12. The molecule has 0 spiro atoms. The van der Waals surface area contributed by atoms with Crippen LogP contribution in [0.3, 0.4) is 0 Å². The average Bonchev–Trinajstić information content (AvgIpc) is 2.78. The van der Waals surface area contributed by atoms with Crippen LogP contribution in [-0.4, -0.2) is 31.1 Å². The van der Waals surface area contributed by atoms with Gasteiger partial charge in [0.15, 0.2) is 0 Å². The van der Waals surface area contributed by atoms with E-state index in [4.69, 9.17) is 21.1 Å². The number of carbonyl (C=O) groups excluding carboxylic acids is 2. The zero-order valence-electron chi connectivity index (χ0n) is 16.7. The van der Waals surface area contributed by atoms with Crippen molar-refractivity contribution in [2.45, 2.75) is 0 Å². The van der Waals surface area contributed by atoms with Crippen LogP contribution in [0.1, 0.15) is 10.5 Å². The fraction of sp³-hybridized carbons (Fsp3) is 0.0952. The van der Waals surface area contributed by atoms with Crippen molar-refractivity contribution >= 4 is 34.9 Å². The lowest BCUT2D eigenvalue weighted by Crippen LogP contribution is -2.33. The van der Waals surface area contributed by atoms with E-state index in [2.05, 4.69) is 26.5 Å². The zero-order chi connectivity index (χ0) is 22.2. The number of aromatic nitrogens is 1. The average molecular weight is 442 g/mol. The van der Waals surface area contributed by atoms with Crippen LogP contribution in [0.5, 0.6) is 17.2 Å². The Bertz CT molecular complexity index is 1080. The highest BCUT2D eigenvalue weighted by Gasteiger charge is 2.08. The number of amides is 3. The van der Waals surface area contributed by atoms with Crippen molar-refractivity contribution in [1.82, 2.24) is 15.7 Å². The number of urea groups is 1. The minimum absolute atomic E-state index is 0.256. The number of methoxy groups -OCH3 is 1. The van der Waals surface area contributed by atoms with E-state index in [-0.39, 0.29) is 11.6 Å². The Morgan fingerprint density at radius 1 is 0.968 bits per heavy atom. The summed E-state index contributed by atoms with van der Waals surface area (Å²) in [6.07, 6.45) is 1.49. The second kappa shape index (κ2) is 10.2. The maximum absolute atomic E-state index is 12.0. The summed E-state index contributed by atoms with van der Waals surface area (Å²) >= 11 is 6.04. The predicted octanol–water partition coefficient (Wildman–Crippen LogP) is 4.04. The van der Waals surface area contributed by atoms with E-state index in [0.29, 0.717) is 33.6 Å². The van der Waals surface area contributed by atoms with E-state index >= 15 is 0 Å². The molecule has 0 saturated carbocycles. The molecule has 0 bridgehead atoms. The molecule has 4 N–H and O–H groups in total. The van der Waals surface area contributed by atoms with E-state index in [9.17, 15) is 9.59 Å². The smallest absolute Gasteiger partial charge is 0.337 e. The van der Waals surface area contributed by atoms with Gasteiger partial charge in [0.25, 0.3) is 5.91 Å². The number of carbonyl (C=O) groups is 2. The van der Waals surface area contributed by atoms with Crippen molar-refractivity contribution in [2.75, 3.05) is 24.9 Å². The second-order valence-electron chi connectivity index (χ2n) is 6.14. The second-order valence-corrected chi connectivity index (χ2v) is 6.54. The summed E-state index contributed by atoms with van der Waals surface area (Å²) in [5, 5.41) is 5.55. The van der Waals surface area contributed by atoms with Crippen molar-refractivity contribution in [3.63, 3.8) is 0 Å². The van der Waals surface area contributed by atoms with Crippen LogP contribution < -0.4 is 31.0 Å². The van der Waals surface area contributed by atoms with Gasteiger partial charge in [0.05, 0.1) is 17.8 Å². The predicted molar refractivity (Wildman–Crippen MR) is 118 cm³/mol. The number of benzene rings is 2. The van der Waals surface area contributed by atoms with E-state index in [0.717, 1.165) is 0 Å². The van der Waals surface area contributed by atoms with Gasteiger partial charge in [-0.15, -0.1) is 0 Å². The standard InChI is InChI=1S/C21H20ClN5O4/c1-23-20(28)18-12-16(9-10-24-18)31-15-6-3-13(4-7-15)26-27-21(29)25-14-5-8-19(30-2)17(22)11-14/h3-12,26H,1-2H3,(H,23,28)(H2,25,27,29). The molecule has 3 aromatic rings. The number of nitrogens with one attached hydrogen (secondary N) is 4.